The molecular formula is C23H46O12. The van der Waals surface area contributed by atoms with Crippen LogP contribution in [0.2, 0.25) is 0 Å². The largest absolute Gasteiger partial charge is 0.466 e. The van der Waals surface area contributed by atoms with E-state index in [9.17, 15) is 4.79 Å². The van der Waals surface area contributed by atoms with Crippen LogP contribution < -0.4 is 0 Å². The summed E-state index contributed by atoms with van der Waals surface area (Å²) in [6.45, 7) is 12.7. The second-order valence-electron chi connectivity index (χ2n) is 6.62. The summed E-state index contributed by atoms with van der Waals surface area (Å²) in [4.78, 5) is 10.2. The topological polar surface area (TPSA) is 141 Å². The van der Waals surface area contributed by atoms with Crippen LogP contribution in [0.3, 0.4) is 0 Å². The highest BCUT2D eigenvalue weighted by atomic mass is 16.6. The highest BCUT2D eigenvalue weighted by Crippen LogP contribution is 1.87. The van der Waals surface area contributed by atoms with Gasteiger partial charge in [0, 0.05) is 5.57 Å². The van der Waals surface area contributed by atoms with Gasteiger partial charge in [0.25, 0.3) is 0 Å². The fraction of sp³-hybridized carbons (Fsp3) is 0.870. The molecule has 0 bridgehead atoms. The molecule has 0 aromatic rings. The van der Waals surface area contributed by atoms with Crippen LogP contribution in [-0.2, 0) is 47.4 Å². The van der Waals surface area contributed by atoms with Crippen LogP contribution in [0, 0.1) is 0 Å². The van der Waals surface area contributed by atoms with Crippen LogP contribution in [0.25, 0.3) is 0 Å². The minimum absolute atomic E-state index is 0.0294. The zero-order valence-electron chi connectivity index (χ0n) is 21.4. The standard InChI is InChI=1S/C18H38O10.C5H8O2/c19-1-3-21-5-7-23-9-11-25-13-15-27-17-18-28-16-14-26-12-10-24-8-6-22-4-2-20;1-4(2)5(6)7-3/h19-20H,1-18H2;1H2,2-3H3. The fourth-order valence-corrected chi connectivity index (χ4v) is 1.94. The highest BCUT2D eigenvalue weighted by Gasteiger charge is 1.96. The lowest BCUT2D eigenvalue weighted by atomic mass is 10.4. The molecule has 0 unspecified atom stereocenters. The third-order valence-corrected chi connectivity index (χ3v) is 3.61. The number of hydrogen-bond donors (Lipinski definition) is 2. The number of ether oxygens (including phenoxy) is 9. The van der Waals surface area contributed by atoms with E-state index >= 15 is 0 Å². The van der Waals surface area contributed by atoms with Crippen LogP contribution >= 0.6 is 0 Å². The van der Waals surface area contributed by atoms with Gasteiger partial charge in [0.05, 0.1) is 126 Å². The van der Waals surface area contributed by atoms with Crippen molar-refractivity contribution in [3.05, 3.63) is 12.2 Å². The van der Waals surface area contributed by atoms with Crippen LogP contribution in [0.15, 0.2) is 12.2 Å². The predicted octanol–water partition coefficient (Wildman–Crippen LogP) is -0.161. The van der Waals surface area contributed by atoms with E-state index < -0.39 is 0 Å². The smallest absolute Gasteiger partial charge is 0.332 e. The van der Waals surface area contributed by atoms with Gasteiger partial charge >= 0.3 is 5.97 Å². The monoisotopic (exact) mass is 514 g/mol. The molecule has 12 heteroatoms. The molecule has 0 aromatic heterocycles. The summed E-state index contributed by atoms with van der Waals surface area (Å²) < 4.78 is 46.4. The zero-order valence-corrected chi connectivity index (χ0v) is 21.4. The first-order chi connectivity index (χ1) is 17.1. The SMILES string of the molecule is C=C(C)C(=O)OC.OCCOCCOCCOCCOCCOCCOCCOCCOCCO. The molecule has 210 valence electrons. The van der Waals surface area contributed by atoms with Crippen LogP contribution in [-0.4, -0.2) is 142 Å². The number of aliphatic hydroxyl groups excluding tert-OH is 2. The average molecular weight is 515 g/mol. The second kappa shape index (κ2) is 32.8. The van der Waals surface area contributed by atoms with Gasteiger partial charge in [-0.25, -0.2) is 4.79 Å². The quantitative estimate of drug-likeness (QED) is 0.0900. The molecule has 2 N–H and O–H groups in total. The van der Waals surface area contributed by atoms with Gasteiger partial charge in [-0.2, -0.15) is 0 Å². The summed E-state index contributed by atoms with van der Waals surface area (Å²) in [6.07, 6.45) is 0. The molecule has 0 atom stereocenters. The number of esters is 1. The Kier molecular flexibility index (Phi) is 33.7. The lowest BCUT2D eigenvalue weighted by Crippen LogP contribution is -2.15. The fourth-order valence-electron chi connectivity index (χ4n) is 1.94. The van der Waals surface area contributed by atoms with Crippen molar-refractivity contribution in [2.45, 2.75) is 6.92 Å². The van der Waals surface area contributed by atoms with Crippen molar-refractivity contribution < 1.29 is 57.6 Å². The Morgan fingerprint density at radius 2 is 0.714 bits per heavy atom. The normalized spacial score (nSPS) is 10.6. The van der Waals surface area contributed by atoms with Crippen molar-refractivity contribution in [1.29, 1.82) is 0 Å². The molecule has 0 aliphatic rings. The van der Waals surface area contributed by atoms with Gasteiger partial charge < -0.3 is 52.8 Å². The summed E-state index contributed by atoms with van der Waals surface area (Å²) in [7, 11) is 1.33. The molecule has 35 heavy (non-hydrogen) atoms. The minimum atomic E-state index is -0.347. The van der Waals surface area contributed by atoms with Crippen molar-refractivity contribution in [1.82, 2.24) is 0 Å². The van der Waals surface area contributed by atoms with E-state index in [-0.39, 0.29) is 19.2 Å². The molecule has 0 spiro atoms. The maximum atomic E-state index is 10.2. The first-order valence-electron chi connectivity index (χ1n) is 11.7. The van der Waals surface area contributed by atoms with E-state index in [1.54, 1.807) is 6.92 Å². The molecule has 12 nitrogen and oxygen atoms in total. The Hall–Kier alpha value is -1.19. The minimum Gasteiger partial charge on any atom is -0.466 e. The van der Waals surface area contributed by atoms with Crippen molar-refractivity contribution >= 4 is 5.97 Å². The molecule has 0 heterocycles. The van der Waals surface area contributed by atoms with E-state index in [0.717, 1.165) is 0 Å². The summed E-state index contributed by atoms with van der Waals surface area (Å²) in [5, 5.41) is 17.0. The predicted molar refractivity (Wildman–Crippen MR) is 128 cm³/mol. The Morgan fingerprint density at radius 3 is 0.829 bits per heavy atom. The van der Waals surface area contributed by atoms with Crippen molar-refractivity contribution in [3.8, 4) is 0 Å². The van der Waals surface area contributed by atoms with Crippen molar-refractivity contribution in [3.63, 3.8) is 0 Å². The van der Waals surface area contributed by atoms with E-state index in [1.165, 1.54) is 7.11 Å². The molecular weight excluding hydrogens is 468 g/mol. The Morgan fingerprint density at radius 1 is 0.514 bits per heavy atom. The first-order valence-corrected chi connectivity index (χ1v) is 11.7. The molecule has 0 amide bonds. The van der Waals surface area contributed by atoms with Crippen molar-refractivity contribution in [2.75, 3.05) is 126 Å². The van der Waals surface area contributed by atoms with Crippen LogP contribution in [0.1, 0.15) is 6.92 Å². The molecule has 0 saturated heterocycles. The molecule has 0 fully saturated rings. The second-order valence-corrected chi connectivity index (χ2v) is 6.62. The molecule has 0 rings (SSSR count). The summed E-state index contributed by atoms with van der Waals surface area (Å²) in [6, 6.07) is 0. The summed E-state index contributed by atoms with van der Waals surface area (Å²) in [5.74, 6) is -0.347. The Bertz CT molecular complexity index is 411. The van der Waals surface area contributed by atoms with Gasteiger partial charge in [0.15, 0.2) is 0 Å². The van der Waals surface area contributed by atoms with E-state index in [1.807, 2.05) is 0 Å². The number of carbonyl (C=O) groups excluding carboxylic acids is 1. The van der Waals surface area contributed by atoms with Gasteiger partial charge in [-0.05, 0) is 6.92 Å². The molecule has 0 aliphatic heterocycles. The van der Waals surface area contributed by atoms with Crippen LogP contribution in [0.5, 0.6) is 0 Å². The molecule has 0 aromatic carbocycles. The third kappa shape index (κ3) is 35.0. The number of methoxy groups -OCH3 is 1. The highest BCUT2D eigenvalue weighted by molar-refractivity contribution is 5.86. The van der Waals surface area contributed by atoms with Gasteiger partial charge in [0.1, 0.15) is 0 Å². The molecule has 0 radical (unpaired) electrons. The number of carbonyl (C=O) groups is 1. The maximum Gasteiger partial charge on any atom is 0.332 e. The maximum absolute atomic E-state index is 10.2. The van der Waals surface area contributed by atoms with Gasteiger partial charge in [-0.1, -0.05) is 6.58 Å². The Labute approximate surface area is 209 Å². The third-order valence-electron chi connectivity index (χ3n) is 3.61. The van der Waals surface area contributed by atoms with Gasteiger partial charge in [-0.3, -0.25) is 0 Å². The number of rotatable bonds is 26. The van der Waals surface area contributed by atoms with E-state index in [0.29, 0.717) is 111 Å². The van der Waals surface area contributed by atoms with Crippen LogP contribution in [0.4, 0.5) is 0 Å². The molecule has 0 aliphatic carbocycles. The van der Waals surface area contributed by atoms with Crippen molar-refractivity contribution in [2.24, 2.45) is 0 Å². The average Bonchev–Trinajstić information content (AvgIpc) is 2.86. The lowest BCUT2D eigenvalue weighted by Gasteiger charge is -2.08. The van der Waals surface area contributed by atoms with E-state index in [2.05, 4.69) is 11.3 Å². The summed E-state index contributed by atoms with van der Waals surface area (Å²) >= 11 is 0. The van der Waals surface area contributed by atoms with E-state index in [4.69, 9.17) is 48.1 Å². The van der Waals surface area contributed by atoms with Gasteiger partial charge in [0.2, 0.25) is 0 Å². The lowest BCUT2D eigenvalue weighted by molar-refractivity contribution is -0.136. The zero-order chi connectivity index (χ0) is 26.2. The number of aliphatic hydroxyl groups is 2. The molecule has 0 saturated carbocycles. The summed E-state index contributed by atoms with van der Waals surface area (Å²) in [5.41, 5.74) is 0.433. The first kappa shape index (κ1) is 36.0. The Balaban J connectivity index is 0. The number of hydrogen-bond acceptors (Lipinski definition) is 12. The van der Waals surface area contributed by atoms with Gasteiger partial charge in [-0.15, -0.1) is 0 Å².